The molecular weight excluding hydrogens is 290 g/mol. The minimum absolute atomic E-state index is 0.0180. The second-order valence-corrected chi connectivity index (χ2v) is 5.44. The van der Waals surface area contributed by atoms with Gasteiger partial charge in [-0.1, -0.05) is 30.3 Å². The van der Waals surface area contributed by atoms with Crippen LogP contribution in [0.2, 0.25) is 0 Å². The maximum atomic E-state index is 5.62. The van der Waals surface area contributed by atoms with E-state index in [0.717, 1.165) is 28.5 Å². The largest absolute Gasteiger partial charge is 0.481 e. The molecule has 120 valence electrons. The Morgan fingerprint density at radius 3 is 2.65 bits per heavy atom. The monoisotopic (exact) mass is 311 g/mol. The van der Waals surface area contributed by atoms with Crippen molar-refractivity contribution in [3.63, 3.8) is 0 Å². The molecule has 0 spiro atoms. The molecule has 1 aromatic carbocycles. The first-order valence-corrected chi connectivity index (χ1v) is 7.59. The molecule has 0 aliphatic heterocycles. The number of benzene rings is 1. The second-order valence-electron chi connectivity index (χ2n) is 5.44. The van der Waals surface area contributed by atoms with Crippen molar-refractivity contribution in [2.24, 2.45) is 7.05 Å². The summed E-state index contributed by atoms with van der Waals surface area (Å²) in [5, 5.41) is 7.98. The number of nitrogens with zero attached hydrogens (tertiary/aromatic N) is 2. The van der Waals surface area contributed by atoms with E-state index in [1.165, 1.54) is 0 Å². The van der Waals surface area contributed by atoms with Gasteiger partial charge < -0.3 is 9.15 Å². The first kappa shape index (κ1) is 15.4. The third-order valence-electron chi connectivity index (χ3n) is 3.93. The maximum absolute atomic E-state index is 5.62. The molecule has 3 rings (SSSR count). The zero-order valence-electron chi connectivity index (χ0n) is 13.6. The van der Waals surface area contributed by atoms with E-state index in [1.54, 1.807) is 18.1 Å². The number of nitrogens with one attached hydrogen (secondary N) is 1. The average Bonchev–Trinajstić information content (AvgIpc) is 3.17. The van der Waals surface area contributed by atoms with Crippen LogP contribution < -0.4 is 10.1 Å². The van der Waals surface area contributed by atoms with Crippen molar-refractivity contribution in [1.82, 2.24) is 15.1 Å². The third-order valence-corrected chi connectivity index (χ3v) is 3.93. The fourth-order valence-corrected chi connectivity index (χ4v) is 2.83. The molecule has 2 aromatic heterocycles. The summed E-state index contributed by atoms with van der Waals surface area (Å²) in [7, 11) is 3.55. The Bertz CT molecular complexity index is 748. The van der Waals surface area contributed by atoms with E-state index >= 15 is 0 Å². The van der Waals surface area contributed by atoms with Crippen molar-refractivity contribution >= 4 is 0 Å². The SMILES string of the molecule is COc1c(CNC(c2ccccc2)c2ccco2)c(C)nn1C. The Kier molecular flexibility index (Phi) is 4.48. The Hall–Kier alpha value is -2.53. The molecule has 0 amide bonds. The van der Waals surface area contributed by atoms with E-state index in [9.17, 15) is 0 Å². The van der Waals surface area contributed by atoms with Gasteiger partial charge in [-0.2, -0.15) is 5.10 Å². The van der Waals surface area contributed by atoms with Gasteiger partial charge in [-0.3, -0.25) is 5.32 Å². The molecule has 1 unspecified atom stereocenters. The van der Waals surface area contributed by atoms with Gasteiger partial charge in [0.05, 0.1) is 30.7 Å². The lowest BCUT2D eigenvalue weighted by molar-refractivity contribution is 0.366. The van der Waals surface area contributed by atoms with Gasteiger partial charge in [0.1, 0.15) is 5.76 Å². The number of rotatable bonds is 6. The minimum Gasteiger partial charge on any atom is -0.481 e. The highest BCUT2D eigenvalue weighted by molar-refractivity contribution is 5.32. The average molecular weight is 311 g/mol. The highest BCUT2D eigenvalue weighted by Crippen LogP contribution is 2.25. The predicted molar refractivity (Wildman–Crippen MR) is 88.3 cm³/mol. The van der Waals surface area contributed by atoms with E-state index in [2.05, 4.69) is 22.5 Å². The number of hydrogen-bond donors (Lipinski definition) is 1. The molecule has 1 N–H and O–H groups in total. The van der Waals surface area contributed by atoms with Gasteiger partial charge >= 0.3 is 0 Å². The minimum atomic E-state index is -0.0180. The summed E-state index contributed by atoms with van der Waals surface area (Å²) in [6.07, 6.45) is 1.70. The van der Waals surface area contributed by atoms with Gasteiger partial charge in [0.2, 0.25) is 5.88 Å². The maximum Gasteiger partial charge on any atom is 0.216 e. The van der Waals surface area contributed by atoms with Crippen LogP contribution in [0.4, 0.5) is 0 Å². The molecule has 0 saturated carbocycles. The summed E-state index contributed by atoms with van der Waals surface area (Å²) in [5.74, 6) is 1.66. The Morgan fingerprint density at radius 2 is 2.00 bits per heavy atom. The molecular formula is C18H21N3O2. The topological polar surface area (TPSA) is 52.2 Å². The molecule has 0 aliphatic carbocycles. The summed E-state index contributed by atoms with van der Waals surface area (Å²) >= 11 is 0. The van der Waals surface area contributed by atoms with Crippen molar-refractivity contribution in [2.75, 3.05) is 7.11 Å². The van der Waals surface area contributed by atoms with Crippen LogP contribution in [0.1, 0.15) is 28.6 Å². The number of aromatic nitrogens is 2. The molecule has 0 bridgehead atoms. The number of hydrogen-bond acceptors (Lipinski definition) is 4. The van der Waals surface area contributed by atoms with Crippen LogP contribution in [0.25, 0.3) is 0 Å². The van der Waals surface area contributed by atoms with E-state index in [0.29, 0.717) is 6.54 Å². The fourth-order valence-electron chi connectivity index (χ4n) is 2.83. The lowest BCUT2D eigenvalue weighted by Crippen LogP contribution is -2.22. The fraction of sp³-hybridized carbons (Fsp3) is 0.278. The van der Waals surface area contributed by atoms with Crippen LogP contribution in [-0.2, 0) is 13.6 Å². The van der Waals surface area contributed by atoms with Gasteiger partial charge in [0, 0.05) is 13.6 Å². The van der Waals surface area contributed by atoms with Gasteiger partial charge in [0.25, 0.3) is 0 Å². The Morgan fingerprint density at radius 1 is 1.22 bits per heavy atom. The van der Waals surface area contributed by atoms with Crippen LogP contribution in [0, 0.1) is 6.92 Å². The quantitative estimate of drug-likeness (QED) is 0.759. The van der Waals surface area contributed by atoms with E-state index < -0.39 is 0 Å². The first-order chi connectivity index (χ1) is 11.2. The normalized spacial score (nSPS) is 12.3. The second kappa shape index (κ2) is 6.71. The Balaban J connectivity index is 1.86. The van der Waals surface area contributed by atoms with Crippen molar-refractivity contribution in [2.45, 2.75) is 19.5 Å². The lowest BCUT2D eigenvalue weighted by atomic mass is 10.0. The Labute approximate surface area is 135 Å². The zero-order chi connectivity index (χ0) is 16.2. The van der Waals surface area contributed by atoms with Crippen LogP contribution in [0.15, 0.2) is 53.1 Å². The predicted octanol–water partition coefficient (Wildman–Crippen LogP) is 3.21. The standard InChI is InChI=1S/C18H21N3O2/c1-13-15(18(22-3)21(2)20-13)12-19-17(16-10-7-11-23-16)14-8-5-4-6-9-14/h4-11,17,19H,12H2,1-3H3. The molecule has 0 fully saturated rings. The third kappa shape index (κ3) is 3.14. The van der Waals surface area contributed by atoms with E-state index in [-0.39, 0.29) is 6.04 Å². The van der Waals surface area contributed by atoms with E-state index in [1.807, 2.05) is 44.3 Å². The number of furan rings is 1. The zero-order valence-corrected chi connectivity index (χ0v) is 13.6. The number of methoxy groups -OCH3 is 1. The van der Waals surface area contributed by atoms with Crippen LogP contribution in [0.5, 0.6) is 5.88 Å². The van der Waals surface area contributed by atoms with Crippen molar-refractivity contribution in [1.29, 1.82) is 0 Å². The molecule has 3 aromatic rings. The van der Waals surface area contributed by atoms with Crippen LogP contribution in [0.3, 0.4) is 0 Å². The summed E-state index contributed by atoms with van der Waals surface area (Å²) in [6.45, 7) is 2.63. The van der Waals surface area contributed by atoms with Crippen molar-refractivity contribution in [3.8, 4) is 5.88 Å². The summed E-state index contributed by atoms with van der Waals surface area (Å²) in [5.41, 5.74) is 3.17. The van der Waals surface area contributed by atoms with Gasteiger partial charge in [0.15, 0.2) is 0 Å². The summed E-state index contributed by atoms with van der Waals surface area (Å²) in [4.78, 5) is 0. The lowest BCUT2D eigenvalue weighted by Gasteiger charge is -2.17. The van der Waals surface area contributed by atoms with Gasteiger partial charge in [-0.05, 0) is 24.6 Å². The van der Waals surface area contributed by atoms with Crippen molar-refractivity contribution in [3.05, 3.63) is 71.3 Å². The molecule has 0 saturated heterocycles. The molecule has 2 heterocycles. The van der Waals surface area contributed by atoms with Crippen molar-refractivity contribution < 1.29 is 9.15 Å². The molecule has 23 heavy (non-hydrogen) atoms. The highest BCUT2D eigenvalue weighted by Gasteiger charge is 2.19. The number of ether oxygens (including phenoxy) is 1. The van der Waals surface area contributed by atoms with E-state index in [4.69, 9.17) is 9.15 Å². The summed E-state index contributed by atoms with van der Waals surface area (Å²) < 4.78 is 12.8. The molecule has 5 nitrogen and oxygen atoms in total. The molecule has 1 atom stereocenters. The smallest absolute Gasteiger partial charge is 0.216 e. The van der Waals surface area contributed by atoms with Gasteiger partial charge in [-0.25, -0.2) is 4.68 Å². The highest BCUT2D eigenvalue weighted by atomic mass is 16.5. The molecule has 0 radical (unpaired) electrons. The summed E-state index contributed by atoms with van der Waals surface area (Å²) in [6, 6.07) is 14.1. The molecule has 5 heteroatoms. The van der Waals surface area contributed by atoms with Crippen LogP contribution >= 0.6 is 0 Å². The first-order valence-electron chi connectivity index (χ1n) is 7.59. The van der Waals surface area contributed by atoms with Crippen LogP contribution in [-0.4, -0.2) is 16.9 Å². The van der Waals surface area contributed by atoms with Gasteiger partial charge in [-0.15, -0.1) is 0 Å². The number of aryl methyl sites for hydroxylation is 2. The molecule has 0 aliphatic rings.